The van der Waals surface area contributed by atoms with Gasteiger partial charge in [0.15, 0.2) is 0 Å². The molecule has 15 heavy (non-hydrogen) atoms. The molecule has 3 rings (SSSR count). The van der Waals surface area contributed by atoms with E-state index in [0.29, 0.717) is 5.25 Å². The highest BCUT2D eigenvalue weighted by Gasteiger charge is 2.47. The number of rotatable bonds is 3. The highest BCUT2D eigenvalue weighted by Crippen LogP contribution is 2.45. The van der Waals surface area contributed by atoms with Gasteiger partial charge in [-0.05, 0) is 25.0 Å². The first-order chi connectivity index (χ1) is 7.31. The molecule has 0 radical (unpaired) electrons. The molecule has 2 nitrogen and oxygen atoms in total. The molecule has 1 saturated heterocycles. The number of nitrogens with one attached hydrogen (secondary N) is 1. The Hall–Kier alpha value is -0.0600. The molecule has 1 aromatic rings. The number of aromatic nitrogens is 1. The molecule has 0 bridgehead atoms. The van der Waals surface area contributed by atoms with Gasteiger partial charge < -0.3 is 5.32 Å². The standard InChI is InChI=1S/C11H16N2S2/c1-8-11(4-6-14-8,13-9-2-3-9)10-12-5-7-15-10/h5,7-9,13H,2-4,6H2,1H3. The summed E-state index contributed by atoms with van der Waals surface area (Å²) in [6.45, 7) is 2.34. The Morgan fingerprint density at radius 2 is 2.40 bits per heavy atom. The Morgan fingerprint density at radius 1 is 1.53 bits per heavy atom. The van der Waals surface area contributed by atoms with Gasteiger partial charge >= 0.3 is 0 Å². The lowest BCUT2D eigenvalue weighted by Gasteiger charge is -2.32. The summed E-state index contributed by atoms with van der Waals surface area (Å²) in [5, 5.41) is 7.90. The monoisotopic (exact) mass is 240 g/mol. The normalized spacial score (nSPS) is 35.9. The van der Waals surface area contributed by atoms with Crippen LogP contribution in [0.1, 0.15) is 31.2 Å². The number of thiazole rings is 1. The van der Waals surface area contributed by atoms with E-state index in [4.69, 9.17) is 0 Å². The zero-order valence-electron chi connectivity index (χ0n) is 8.90. The quantitative estimate of drug-likeness (QED) is 0.879. The summed E-state index contributed by atoms with van der Waals surface area (Å²) < 4.78 is 0. The zero-order chi connectivity index (χ0) is 10.3. The van der Waals surface area contributed by atoms with Crippen LogP contribution >= 0.6 is 23.1 Å². The summed E-state index contributed by atoms with van der Waals surface area (Å²) in [6.07, 6.45) is 5.88. The van der Waals surface area contributed by atoms with Gasteiger partial charge in [-0.3, -0.25) is 0 Å². The minimum atomic E-state index is 0.181. The van der Waals surface area contributed by atoms with Gasteiger partial charge in [-0.25, -0.2) is 4.98 Å². The lowest BCUT2D eigenvalue weighted by Crippen LogP contribution is -2.47. The molecule has 4 heteroatoms. The smallest absolute Gasteiger partial charge is 0.114 e. The molecule has 0 aromatic carbocycles. The van der Waals surface area contributed by atoms with Crippen molar-refractivity contribution in [3.63, 3.8) is 0 Å². The predicted octanol–water partition coefficient (Wildman–Crippen LogP) is 2.62. The van der Waals surface area contributed by atoms with E-state index in [1.807, 2.05) is 6.20 Å². The number of nitrogens with zero attached hydrogens (tertiary/aromatic N) is 1. The van der Waals surface area contributed by atoms with Gasteiger partial charge in [0.25, 0.3) is 0 Å². The first kappa shape index (κ1) is 10.1. The molecule has 2 atom stereocenters. The predicted molar refractivity (Wildman–Crippen MR) is 66.5 cm³/mol. The molecule has 82 valence electrons. The van der Waals surface area contributed by atoms with Crippen molar-refractivity contribution >= 4 is 23.1 Å². The maximum atomic E-state index is 4.54. The third-order valence-corrected chi connectivity index (χ3v) is 5.70. The first-order valence-corrected chi connectivity index (χ1v) is 7.53. The fraction of sp³-hybridized carbons (Fsp3) is 0.727. The minimum absolute atomic E-state index is 0.181. The molecule has 0 spiro atoms. The van der Waals surface area contributed by atoms with Gasteiger partial charge in [0.2, 0.25) is 0 Å². The lowest BCUT2D eigenvalue weighted by molar-refractivity contribution is 0.329. The van der Waals surface area contributed by atoms with E-state index < -0.39 is 0 Å². The molecule has 1 N–H and O–H groups in total. The van der Waals surface area contributed by atoms with Crippen LogP contribution in [0.3, 0.4) is 0 Å². The Kier molecular flexibility index (Phi) is 2.53. The van der Waals surface area contributed by atoms with Gasteiger partial charge in [-0.2, -0.15) is 11.8 Å². The fourth-order valence-electron chi connectivity index (χ4n) is 2.31. The molecule has 1 aliphatic carbocycles. The van der Waals surface area contributed by atoms with E-state index in [0.717, 1.165) is 6.04 Å². The van der Waals surface area contributed by atoms with Gasteiger partial charge in [-0.1, -0.05) is 6.92 Å². The van der Waals surface area contributed by atoms with Crippen molar-refractivity contribution < 1.29 is 0 Å². The van der Waals surface area contributed by atoms with Crippen LogP contribution < -0.4 is 5.32 Å². The van der Waals surface area contributed by atoms with Crippen molar-refractivity contribution in [3.05, 3.63) is 16.6 Å². The van der Waals surface area contributed by atoms with Crippen LogP contribution in [0.2, 0.25) is 0 Å². The van der Waals surface area contributed by atoms with Gasteiger partial charge in [-0.15, -0.1) is 11.3 Å². The summed E-state index contributed by atoms with van der Waals surface area (Å²) >= 11 is 3.88. The second-order valence-electron chi connectivity index (χ2n) is 4.49. The van der Waals surface area contributed by atoms with Crippen LogP contribution in [0.15, 0.2) is 11.6 Å². The van der Waals surface area contributed by atoms with Crippen LogP contribution in [0, 0.1) is 0 Å². The van der Waals surface area contributed by atoms with E-state index in [1.165, 1.54) is 30.0 Å². The number of hydrogen-bond donors (Lipinski definition) is 1. The zero-order valence-corrected chi connectivity index (χ0v) is 10.5. The largest absolute Gasteiger partial charge is 0.302 e. The van der Waals surface area contributed by atoms with E-state index in [9.17, 15) is 0 Å². The van der Waals surface area contributed by atoms with Crippen LogP contribution in [0.5, 0.6) is 0 Å². The van der Waals surface area contributed by atoms with E-state index >= 15 is 0 Å². The van der Waals surface area contributed by atoms with Gasteiger partial charge in [0, 0.05) is 22.9 Å². The minimum Gasteiger partial charge on any atom is -0.302 e. The molecule has 2 heterocycles. The van der Waals surface area contributed by atoms with Crippen molar-refractivity contribution in [1.29, 1.82) is 0 Å². The molecule has 2 aliphatic rings. The highest BCUT2D eigenvalue weighted by atomic mass is 32.2. The number of thioether (sulfide) groups is 1. The van der Waals surface area contributed by atoms with Gasteiger partial charge in [0.1, 0.15) is 5.01 Å². The summed E-state index contributed by atoms with van der Waals surface area (Å²) in [7, 11) is 0. The molecule has 1 saturated carbocycles. The molecule has 0 amide bonds. The Balaban J connectivity index is 1.92. The van der Waals surface area contributed by atoms with Crippen molar-refractivity contribution in [2.24, 2.45) is 0 Å². The summed E-state index contributed by atoms with van der Waals surface area (Å²) in [6, 6.07) is 0.759. The average molecular weight is 240 g/mol. The van der Waals surface area contributed by atoms with E-state index in [-0.39, 0.29) is 5.54 Å². The van der Waals surface area contributed by atoms with E-state index in [2.05, 4.69) is 34.4 Å². The molecular formula is C11H16N2S2. The van der Waals surface area contributed by atoms with Gasteiger partial charge in [0.05, 0.1) is 5.54 Å². The number of hydrogen-bond acceptors (Lipinski definition) is 4. The second-order valence-corrected chi connectivity index (χ2v) is 6.83. The van der Waals surface area contributed by atoms with Crippen LogP contribution in [0.4, 0.5) is 0 Å². The SMILES string of the molecule is CC1SCCC1(NC1CC1)c1nccs1. The highest BCUT2D eigenvalue weighted by molar-refractivity contribution is 8.00. The second kappa shape index (κ2) is 3.75. The maximum Gasteiger partial charge on any atom is 0.114 e. The van der Waals surface area contributed by atoms with Crippen LogP contribution in [-0.2, 0) is 5.54 Å². The van der Waals surface area contributed by atoms with Crippen LogP contribution in [0.25, 0.3) is 0 Å². The molecule has 2 fully saturated rings. The first-order valence-electron chi connectivity index (χ1n) is 5.60. The Bertz CT molecular complexity index is 334. The van der Waals surface area contributed by atoms with Crippen molar-refractivity contribution in [3.8, 4) is 0 Å². The summed E-state index contributed by atoms with van der Waals surface area (Å²) in [5.41, 5.74) is 0.181. The van der Waals surface area contributed by atoms with E-state index in [1.54, 1.807) is 11.3 Å². The molecule has 1 aromatic heterocycles. The molecule has 1 aliphatic heterocycles. The van der Waals surface area contributed by atoms with Crippen LogP contribution in [-0.4, -0.2) is 22.0 Å². The molecular weight excluding hydrogens is 224 g/mol. The summed E-state index contributed by atoms with van der Waals surface area (Å²) in [5.74, 6) is 1.26. The average Bonchev–Trinajstić information content (AvgIpc) is 2.76. The maximum absolute atomic E-state index is 4.54. The van der Waals surface area contributed by atoms with Crippen molar-refractivity contribution in [2.75, 3.05) is 5.75 Å². The van der Waals surface area contributed by atoms with Crippen molar-refractivity contribution in [2.45, 2.75) is 43.0 Å². The molecule has 2 unspecified atom stereocenters. The third kappa shape index (κ3) is 1.73. The summed E-state index contributed by atoms with van der Waals surface area (Å²) in [4.78, 5) is 4.54. The fourth-order valence-corrected chi connectivity index (χ4v) is 4.68. The Labute approximate surface area is 98.9 Å². The Morgan fingerprint density at radius 3 is 2.93 bits per heavy atom. The van der Waals surface area contributed by atoms with Crippen molar-refractivity contribution in [1.82, 2.24) is 10.3 Å². The topological polar surface area (TPSA) is 24.9 Å². The lowest BCUT2D eigenvalue weighted by atomic mass is 9.93. The third-order valence-electron chi connectivity index (χ3n) is 3.41.